The molecule has 1 aliphatic carbocycles. The van der Waals surface area contributed by atoms with E-state index in [9.17, 15) is 0 Å². The topological polar surface area (TPSA) is 0 Å². The van der Waals surface area contributed by atoms with Crippen molar-refractivity contribution in [3.05, 3.63) is 75.8 Å². The summed E-state index contributed by atoms with van der Waals surface area (Å²) in [5, 5.41) is 0. The Morgan fingerprint density at radius 2 is 1.53 bits per heavy atom. The zero-order valence-corrected chi connectivity index (χ0v) is 10.9. The zero-order chi connectivity index (χ0) is 11.8. The summed E-state index contributed by atoms with van der Waals surface area (Å²) in [4.78, 5) is 0. The number of rotatable bonds is 0. The SMILES string of the molecule is C=C1c2ccccc2C=Cc2ccc(Br)cc21. The van der Waals surface area contributed by atoms with Crippen LogP contribution >= 0.6 is 15.9 Å². The van der Waals surface area contributed by atoms with E-state index in [1.54, 1.807) is 0 Å². The maximum atomic E-state index is 4.24. The molecular weight excluding hydrogens is 272 g/mol. The van der Waals surface area contributed by atoms with Gasteiger partial charge in [-0.3, -0.25) is 0 Å². The third kappa shape index (κ3) is 1.77. The molecule has 0 amide bonds. The highest BCUT2D eigenvalue weighted by Gasteiger charge is 2.12. The van der Waals surface area contributed by atoms with E-state index in [2.05, 4.69) is 77.1 Å². The van der Waals surface area contributed by atoms with Crippen LogP contribution in [0.2, 0.25) is 0 Å². The molecule has 2 aromatic rings. The highest BCUT2D eigenvalue weighted by Crippen LogP contribution is 2.33. The van der Waals surface area contributed by atoms with Crippen molar-refractivity contribution < 1.29 is 0 Å². The van der Waals surface area contributed by atoms with Gasteiger partial charge in [-0.1, -0.05) is 65.0 Å². The summed E-state index contributed by atoms with van der Waals surface area (Å²) in [5.74, 6) is 0. The van der Waals surface area contributed by atoms with Crippen molar-refractivity contribution in [3.63, 3.8) is 0 Å². The Morgan fingerprint density at radius 1 is 0.824 bits per heavy atom. The molecule has 0 unspecified atom stereocenters. The minimum absolute atomic E-state index is 1.09. The van der Waals surface area contributed by atoms with Crippen LogP contribution in [0.15, 0.2) is 53.5 Å². The molecule has 0 atom stereocenters. The number of hydrogen-bond donors (Lipinski definition) is 0. The summed E-state index contributed by atoms with van der Waals surface area (Å²) in [7, 11) is 0. The van der Waals surface area contributed by atoms with Gasteiger partial charge in [0.15, 0.2) is 0 Å². The van der Waals surface area contributed by atoms with Gasteiger partial charge in [-0.15, -0.1) is 0 Å². The highest BCUT2D eigenvalue weighted by atomic mass is 79.9. The van der Waals surface area contributed by atoms with Crippen LogP contribution in [-0.4, -0.2) is 0 Å². The lowest BCUT2D eigenvalue weighted by molar-refractivity contribution is 1.52. The molecule has 0 saturated carbocycles. The Kier molecular flexibility index (Phi) is 2.49. The first-order valence-corrected chi connectivity index (χ1v) is 6.31. The van der Waals surface area contributed by atoms with Crippen LogP contribution < -0.4 is 0 Å². The van der Waals surface area contributed by atoms with Crippen LogP contribution in [0.5, 0.6) is 0 Å². The van der Waals surface area contributed by atoms with Gasteiger partial charge in [0.25, 0.3) is 0 Å². The van der Waals surface area contributed by atoms with Crippen molar-refractivity contribution in [1.82, 2.24) is 0 Å². The lowest BCUT2D eigenvalue weighted by Gasteiger charge is -2.10. The van der Waals surface area contributed by atoms with Crippen LogP contribution in [0.3, 0.4) is 0 Å². The first-order chi connectivity index (χ1) is 8.25. The summed E-state index contributed by atoms with van der Waals surface area (Å²) in [6.07, 6.45) is 4.30. The lowest BCUT2D eigenvalue weighted by Crippen LogP contribution is -1.90. The van der Waals surface area contributed by atoms with Crippen molar-refractivity contribution in [2.45, 2.75) is 0 Å². The second-order valence-corrected chi connectivity index (χ2v) is 5.05. The standard InChI is InChI=1S/C16H11Br/c1-11-15-5-3-2-4-12(15)6-7-13-8-9-14(17)10-16(11)13/h2-10H,1H2. The molecule has 0 aromatic heterocycles. The second kappa shape index (κ2) is 4.01. The Bertz CT molecular complexity index is 636. The Morgan fingerprint density at radius 3 is 2.35 bits per heavy atom. The van der Waals surface area contributed by atoms with E-state index >= 15 is 0 Å². The largest absolute Gasteiger partial charge is 0.0905 e. The van der Waals surface area contributed by atoms with E-state index in [0.717, 1.165) is 10.0 Å². The molecule has 0 N–H and O–H groups in total. The van der Waals surface area contributed by atoms with Gasteiger partial charge >= 0.3 is 0 Å². The zero-order valence-electron chi connectivity index (χ0n) is 9.28. The van der Waals surface area contributed by atoms with Gasteiger partial charge in [0.2, 0.25) is 0 Å². The molecule has 0 bridgehead atoms. The van der Waals surface area contributed by atoms with Crippen LogP contribution in [0.4, 0.5) is 0 Å². The molecule has 17 heavy (non-hydrogen) atoms. The first-order valence-electron chi connectivity index (χ1n) is 5.52. The molecule has 0 spiro atoms. The van der Waals surface area contributed by atoms with Gasteiger partial charge in [-0.25, -0.2) is 0 Å². The smallest absolute Gasteiger partial charge is 0.0181 e. The van der Waals surface area contributed by atoms with Gasteiger partial charge < -0.3 is 0 Å². The van der Waals surface area contributed by atoms with Gasteiger partial charge in [-0.05, 0) is 40.0 Å². The van der Waals surface area contributed by atoms with Crippen molar-refractivity contribution in [3.8, 4) is 0 Å². The number of hydrogen-bond acceptors (Lipinski definition) is 0. The molecular formula is C16H11Br. The van der Waals surface area contributed by atoms with Crippen molar-refractivity contribution in [1.29, 1.82) is 0 Å². The van der Waals surface area contributed by atoms with Crippen molar-refractivity contribution in [2.24, 2.45) is 0 Å². The third-order valence-corrected chi connectivity index (χ3v) is 3.56. The molecule has 0 aliphatic heterocycles. The van der Waals surface area contributed by atoms with Crippen LogP contribution in [0, 0.1) is 0 Å². The third-order valence-electron chi connectivity index (χ3n) is 3.07. The first kappa shape index (κ1) is 10.5. The maximum Gasteiger partial charge on any atom is 0.0181 e. The summed E-state index contributed by atoms with van der Waals surface area (Å²) >= 11 is 3.52. The molecule has 0 heterocycles. The van der Waals surface area contributed by atoms with E-state index in [4.69, 9.17) is 0 Å². The molecule has 1 aliphatic rings. The van der Waals surface area contributed by atoms with Gasteiger partial charge in [0.1, 0.15) is 0 Å². The number of halogens is 1. The minimum atomic E-state index is 1.09. The molecule has 0 fully saturated rings. The van der Waals surface area contributed by atoms with Crippen molar-refractivity contribution in [2.75, 3.05) is 0 Å². The lowest BCUT2D eigenvalue weighted by atomic mass is 9.95. The maximum absolute atomic E-state index is 4.24. The van der Waals surface area contributed by atoms with Crippen molar-refractivity contribution >= 4 is 33.7 Å². The van der Waals surface area contributed by atoms with Crippen LogP contribution in [-0.2, 0) is 0 Å². The summed E-state index contributed by atoms with van der Waals surface area (Å²) < 4.78 is 1.09. The Balaban J connectivity index is 2.29. The fraction of sp³-hybridized carbons (Fsp3) is 0. The fourth-order valence-corrected chi connectivity index (χ4v) is 2.54. The van der Waals surface area contributed by atoms with E-state index in [0.29, 0.717) is 0 Å². The molecule has 2 aromatic carbocycles. The quantitative estimate of drug-likeness (QED) is 0.545. The minimum Gasteiger partial charge on any atom is -0.0905 e. The fourth-order valence-electron chi connectivity index (χ4n) is 2.18. The average Bonchev–Trinajstić information content (AvgIpc) is 2.49. The Hall–Kier alpha value is -1.60. The van der Waals surface area contributed by atoms with E-state index < -0.39 is 0 Å². The molecule has 1 heteroatoms. The predicted molar refractivity (Wildman–Crippen MR) is 77.6 cm³/mol. The molecule has 0 radical (unpaired) electrons. The molecule has 0 saturated heterocycles. The van der Waals surface area contributed by atoms with Crippen LogP contribution in [0.25, 0.3) is 17.7 Å². The van der Waals surface area contributed by atoms with Crippen LogP contribution in [0.1, 0.15) is 22.3 Å². The normalized spacial score (nSPS) is 12.9. The van der Waals surface area contributed by atoms with Gasteiger partial charge in [0.05, 0.1) is 0 Å². The Labute approximate surface area is 109 Å². The summed E-state index contributed by atoms with van der Waals surface area (Å²) in [5.41, 5.74) is 5.93. The van der Waals surface area contributed by atoms with Gasteiger partial charge in [-0.2, -0.15) is 0 Å². The molecule has 0 nitrogen and oxygen atoms in total. The number of benzene rings is 2. The predicted octanol–water partition coefficient (Wildman–Crippen LogP) is 4.99. The number of fused-ring (bicyclic) bond motifs is 2. The summed E-state index contributed by atoms with van der Waals surface area (Å²) in [6, 6.07) is 14.7. The average molecular weight is 283 g/mol. The second-order valence-electron chi connectivity index (χ2n) is 4.13. The molecule has 3 rings (SSSR count). The summed E-state index contributed by atoms with van der Waals surface area (Å²) in [6.45, 7) is 4.24. The van der Waals surface area contributed by atoms with E-state index in [1.807, 2.05) is 0 Å². The highest BCUT2D eigenvalue weighted by molar-refractivity contribution is 9.10. The van der Waals surface area contributed by atoms with Gasteiger partial charge in [0, 0.05) is 4.47 Å². The van der Waals surface area contributed by atoms with E-state index in [-0.39, 0.29) is 0 Å². The van der Waals surface area contributed by atoms with E-state index in [1.165, 1.54) is 22.3 Å². The monoisotopic (exact) mass is 282 g/mol. The molecule has 82 valence electrons.